The zero-order valence-electron chi connectivity index (χ0n) is 9.89. The number of hydrogen-bond acceptors (Lipinski definition) is 3. The fraction of sp³-hybridized carbons (Fsp3) is 0.0833. The number of nitrogens with zero attached hydrogens (tertiary/aromatic N) is 1. The van der Waals surface area contributed by atoms with Gasteiger partial charge in [0.25, 0.3) is 10.0 Å². The van der Waals surface area contributed by atoms with Crippen molar-refractivity contribution in [2.75, 3.05) is 4.72 Å². The van der Waals surface area contributed by atoms with E-state index in [4.69, 9.17) is 0 Å². The summed E-state index contributed by atoms with van der Waals surface area (Å²) in [4.78, 5) is 3.82. The van der Waals surface area contributed by atoms with Gasteiger partial charge in [0.15, 0.2) is 0 Å². The molecule has 1 aromatic carbocycles. The van der Waals surface area contributed by atoms with Gasteiger partial charge in [-0.2, -0.15) is 0 Å². The molecule has 0 aliphatic carbocycles. The van der Waals surface area contributed by atoms with Crippen molar-refractivity contribution < 1.29 is 12.8 Å². The molecule has 0 amide bonds. The Bertz CT molecular complexity index is 719. The van der Waals surface area contributed by atoms with Gasteiger partial charge in [-0.3, -0.25) is 4.72 Å². The maximum absolute atomic E-state index is 13.4. The lowest BCUT2D eigenvalue weighted by molar-refractivity contribution is 0.593. The lowest BCUT2D eigenvalue weighted by atomic mass is 10.2. The summed E-state index contributed by atoms with van der Waals surface area (Å²) in [6.07, 6.45) is 0. The molecule has 0 unspecified atom stereocenters. The average molecular weight is 345 g/mol. The minimum atomic E-state index is -3.84. The van der Waals surface area contributed by atoms with Crippen LogP contribution in [0.25, 0.3) is 0 Å². The molecule has 0 bridgehead atoms. The van der Waals surface area contributed by atoms with Crippen LogP contribution in [0.15, 0.2) is 45.9 Å². The SMILES string of the molecule is Cc1ccc(S(=O)(=O)Nc2cccc(Br)n2)cc1F. The molecular formula is C12H10BrFN2O2S. The number of anilines is 1. The molecule has 7 heteroatoms. The fourth-order valence-corrected chi connectivity index (χ4v) is 2.76. The van der Waals surface area contributed by atoms with Gasteiger partial charge in [-0.1, -0.05) is 12.1 Å². The molecule has 0 saturated carbocycles. The van der Waals surface area contributed by atoms with E-state index in [9.17, 15) is 12.8 Å². The standard InChI is InChI=1S/C12H10BrFN2O2S/c1-8-5-6-9(7-10(8)14)19(17,18)16-12-4-2-3-11(13)15-12/h2-7H,1H3,(H,15,16). The number of aromatic nitrogens is 1. The van der Waals surface area contributed by atoms with Gasteiger partial charge < -0.3 is 0 Å². The van der Waals surface area contributed by atoms with Crippen LogP contribution >= 0.6 is 15.9 Å². The first-order chi connectivity index (χ1) is 8.88. The van der Waals surface area contributed by atoms with Crippen molar-refractivity contribution in [3.05, 3.63) is 52.4 Å². The molecule has 0 aliphatic rings. The molecule has 0 aliphatic heterocycles. The fourth-order valence-electron chi connectivity index (χ4n) is 1.40. The van der Waals surface area contributed by atoms with Crippen LogP contribution in [0, 0.1) is 12.7 Å². The quantitative estimate of drug-likeness (QED) is 0.870. The highest BCUT2D eigenvalue weighted by Crippen LogP contribution is 2.18. The molecule has 0 fully saturated rings. The van der Waals surface area contributed by atoms with Crippen LogP contribution in [0.5, 0.6) is 0 Å². The highest BCUT2D eigenvalue weighted by Gasteiger charge is 2.16. The minimum absolute atomic E-state index is 0.141. The van der Waals surface area contributed by atoms with Crippen molar-refractivity contribution in [1.29, 1.82) is 0 Å². The van der Waals surface area contributed by atoms with Crippen LogP contribution in [0.3, 0.4) is 0 Å². The third-order valence-electron chi connectivity index (χ3n) is 2.41. The van der Waals surface area contributed by atoms with Crippen LogP contribution in [0.2, 0.25) is 0 Å². The predicted molar refractivity (Wildman–Crippen MR) is 73.9 cm³/mol. The third kappa shape index (κ3) is 3.30. The number of hydrogen-bond donors (Lipinski definition) is 1. The van der Waals surface area contributed by atoms with E-state index < -0.39 is 15.8 Å². The summed E-state index contributed by atoms with van der Waals surface area (Å²) in [5.74, 6) is -0.402. The Hall–Kier alpha value is -1.47. The van der Waals surface area contributed by atoms with Gasteiger partial charge in [-0.15, -0.1) is 0 Å². The highest BCUT2D eigenvalue weighted by molar-refractivity contribution is 9.10. The monoisotopic (exact) mass is 344 g/mol. The van der Waals surface area contributed by atoms with E-state index in [-0.39, 0.29) is 10.7 Å². The molecule has 2 rings (SSSR count). The molecule has 2 aromatic rings. The van der Waals surface area contributed by atoms with Gasteiger partial charge >= 0.3 is 0 Å². The summed E-state index contributed by atoms with van der Waals surface area (Å²) >= 11 is 3.14. The zero-order valence-corrected chi connectivity index (χ0v) is 12.3. The number of benzene rings is 1. The molecule has 0 saturated heterocycles. The zero-order chi connectivity index (χ0) is 14.0. The Morgan fingerprint density at radius 1 is 1.26 bits per heavy atom. The van der Waals surface area contributed by atoms with Crippen molar-refractivity contribution >= 4 is 31.8 Å². The number of nitrogens with one attached hydrogen (secondary N) is 1. The predicted octanol–water partition coefficient (Wildman–Crippen LogP) is 3.09. The van der Waals surface area contributed by atoms with Gasteiger partial charge in [0.05, 0.1) is 4.90 Å². The van der Waals surface area contributed by atoms with Crippen molar-refractivity contribution in [2.24, 2.45) is 0 Å². The van der Waals surface area contributed by atoms with E-state index in [0.717, 1.165) is 6.07 Å². The summed E-state index contributed by atoms with van der Waals surface area (Å²) in [6.45, 7) is 1.56. The second kappa shape index (κ2) is 5.26. The molecule has 1 heterocycles. The maximum atomic E-state index is 13.4. The van der Waals surface area contributed by atoms with Crippen molar-refractivity contribution in [1.82, 2.24) is 4.98 Å². The van der Waals surface area contributed by atoms with Gasteiger partial charge in [0, 0.05) is 0 Å². The van der Waals surface area contributed by atoms with E-state index in [1.807, 2.05) is 0 Å². The number of aryl methyl sites for hydroxylation is 1. The van der Waals surface area contributed by atoms with Crippen LogP contribution in [0.4, 0.5) is 10.2 Å². The highest BCUT2D eigenvalue weighted by atomic mass is 79.9. The van der Waals surface area contributed by atoms with Crippen LogP contribution in [-0.4, -0.2) is 13.4 Å². The van der Waals surface area contributed by atoms with Crippen molar-refractivity contribution in [2.45, 2.75) is 11.8 Å². The van der Waals surface area contributed by atoms with E-state index in [1.54, 1.807) is 19.1 Å². The summed E-state index contributed by atoms with van der Waals surface area (Å²) in [6, 6.07) is 8.56. The Balaban J connectivity index is 2.35. The van der Waals surface area contributed by atoms with Gasteiger partial charge in [0.2, 0.25) is 0 Å². The number of halogens is 2. The molecule has 1 N–H and O–H groups in total. The first-order valence-electron chi connectivity index (χ1n) is 5.30. The van der Waals surface area contributed by atoms with Crippen molar-refractivity contribution in [3.63, 3.8) is 0 Å². The molecule has 4 nitrogen and oxygen atoms in total. The van der Waals surface area contributed by atoms with E-state index >= 15 is 0 Å². The number of rotatable bonds is 3. The van der Waals surface area contributed by atoms with E-state index in [0.29, 0.717) is 10.2 Å². The smallest absolute Gasteiger partial charge is 0.263 e. The minimum Gasteiger partial charge on any atom is -0.263 e. The van der Waals surface area contributed by atoms with Crippen LogP contribution in [0.1, 0.15) is 5.56 Å². The third-order valence-corrected chi connectivity index (χ3v) is 4.20. The van der Waals surface area contributed by atoms with Crippen LogP contribution < -0.4 is 4.72 Å². The number of sulfonamides is 1. The summed E-state index contributed by atoms with van der Waals surface area (Å²) in [5, 5.41) is 0. The molecule has 1 aromatic heterocycles. The summed E-state index contributed by atoms with van der Waals surface area (Å²) in [7, 11) is -3.84. The number of pyridine rings is 1. The van der Waals surface area contributed by atoms with Crippen molar-refractivity contribution in [3.8, 4) is 0 Å². The second-order valence-electron chi connectivity index (χ2n) is 3.86. The molecule has 19 heavy (non-hydrogen) atoms. The molecule has 0 radical (unpaired) electrons. The van der Waals surface area contributed by atoms with Gasteiger partial charge in [0.1, 0.15) is 16.2 Å². The normalized spacial score (nSPS) is 11.3. The maximum Gasteiger partial charge on any atom is 0.263 e. The Morgan fingerprint density at radius 3 is 2.63 bits per heavy atom. The Kier molecular flexibility index (Phi) is 3.86. The largest absolute Gasteiger partial charge is 0.263 e. The molecule has 0 spiro atoms. The Labute approximate surface area is 118 Å². The first-order valence-corrected chi connectivity index (χ1v) is 7.57. The van der Waals surface area contributed by atoms with E-state index in [2.05, 4.69) is 25.6 Å². The average Bonchev–Trinajstić information content (AvgIpc) is 2.32. The van der Waals surface area contributed by atoms with E-state index in [1.165, 1.54) is 18.2 Å². The molecular weight excluding hydrogens is 335 g/mol. The lowest BCUT2D eigenvalue weighted by Gasteiger charge is -2.08. The van der Waals surface area contributed by atoms with Gasteiger partial charge in [-0.05, 0) is 52.7 Å². The van der Waals surface area contributed by atoms with Crippen LogP contribution in [-0.2, 0) is 10.0 Å². The lowest BCUT2D eigenvalue weighted by Crippen LogP contribution is -2.14. The first kappa shape index (κ1) is 14.0. The summed E-state index contributed by atoms with van der Waals surface area (Å²) in [5.41, 5.74) is 0.388. The molecule has 100 valence electrons. The topological polar surface area (TPSA) is 59.1 Å². The summed E-state index contributed by atoms with van der Waals surface area (Å²) < 4.78 is 40.3. The second-order valence-corrected chi connectivity index (χ2v) is 6.36. The van der Waals surface area contributed by atoms with Gasteiger partial charge in [-0.25, -0.2) is 17.8 Å². The molecule has 0 atom stereocenters. The Morgan fingerprint density at radius 2 is 2.00 bits per heavy atom.